The number of anilines is 1. The van der Waals surface area contributed by atoms with E-state index in [9.17, 15) is 4.79 Å². The van der Waals surface area contributed by atoms with Gasteiger partial charge in [0.05, 0.1) is 5.56 Å². The van der Waals surface area contributed by atoms with Crippen LogP contribution in [0.3, 0.4) is 0 Å². The minimum absolute atomic E-state index is 0.0162. The van der Waals surface area contributed by atoms with Gasteiger partial charge in [-0.25, -0.2) is 0 Å². The smallest absolute Gasteiger partial charge is 0.259 e. The Morgan fingerprint density at radius 2 is 1.74 bits per heavy atom. The van der Waals surface area contributed by atoms with Crippen LogP contribution in [0.15, 0.2) is 46.9 Å². The molecule has 2 aromatic carbocycles. The highest BCUT2D eigenvalue weighted by Gasteiger charge is 2.16. The maximum Gasteiger partial charge on any atom is 0.259 e. The summed E-state index contributed by atoms with van der Waals surface area (Å²) in [5, 5.41) is 0. The molecule has 0 unspecified atom stereocenters. The third-order valence-electron chi connectivity index (χ3n) is 3.05. The van der Waals surface area contributed by atoms with E-state index in [0.29, 0.717) is 5.56 Å². The summed E-state index contributed by atoms with van der Waals surface area (Å²) in [4.78, 5) is 14.2. The van der Waals surface area contributed by atoms with Crippen molar-refractivity contribution in [3.8, 4) is 0 Å². The van der Waals surface area contributed by atoms with Gasteiger partial charge in [0.1, 0.15) is 0 Å². The van der Waals surface area contributed by atoms with Gasteiger partial charge in [0.15, 0.2) is 0 Å². The molecule has 2 aromatic rings. The van der Waals surface area contributed by atoms with Gasteiger partial charge in [0, 0.05) is 17.2 Å². The van der Waals surface area contributed by atoms with Gasteiger partial charge in [-0.05, 0) is 65.2 Å². The molecule has 0 bridgehead atoms. The van der Waals surface area contributed by atoms with Crippen molar-refractivity contribution in [1.29, 1.82) is 0 Å². The van der Waals surface area contributed by atoms with Crippen LogP contribution in [0.4, 0.5) is 5.69 Å². The molecule has 0 fully saturated rings. The van der Waals surface area contributed by atoms with Gasteiger partial charge in [-0.3, -0.25) is 4.79 Å². The van der Waals surface area contributed by atoms with Crippen molar-refractivity contribution < 1.29 is 4.79 Å². The monoisotopic (exact) mass is 317 g/mol. The van der Waals surface area contributed by atoms with E-state index < -0.39 is 0 Å². The summed E-state index contributed by atoms with van der Waals surface area (Å²) < 4.78 is 0.831. The van der Waals surface area contributed by atoms with Crippen LogP contribution in [0.25, 0.3) is 0 Å². The second-order valence-electron chi connectivity index (χ2n) is 4.69. The molecule has 1 amide bonds. The predicted octanol–water partition coefficient (Wildman–Crippen LogP) is 4.34. The zero-order chi connectivity index (χ0) is 14.0. The summed E-state index contributed by atoms with van der Waals surface area (Å²) in [6.45, 7) is 4.02. The second-order valence-corrected chi connectivity index (χ2v) is 5.54. The van der Waals surface area contributed by atoms with Crippen LogP contribution in [-0.2, 0) is 0 Å². The third-order valence-corrected chi connectivity index (χ3v) is 3.70. The summed E-state index contributed by atoms with van der Waals surface area (Å²) in [6.07, 6.45) is 0. The predicted molar refractivity (Wildman–Crippen MR) is 82.8 cm³/mol. The number of amides is 1. The van der Waals surface area contributed by atoms with E-state index in [1.807, 2.05) is 56.3 Å². The van der Waals surface area contributed by atoms with Gasteiger partial charge in [-0.15, -0.1) is 0 Å². The number of hydrogen-bond acceptors (Lipinski definition) is 1. The number of carbonyl (C=O) groups excluding carboxylic acids is 1. The molecule has 0 N–H and O–H groups in total. The topological polar surface area (TPSA) is 20.3 Å². The van der Waals surface area contributed by atoms with Crippen LogP contribution in [0.1, 0.15) is 21.5 Å². The molecule has 0 atom stereocenters. The highest BCUT2D eigenvalue weighted by atomic mass is 79.9. The van der Waals surface area contributed by atoms with E-state index in [-0.39, 0.29) is 5.91 Å². The molecule has 0 spiro atoms. The minimum Gasteiger partial charge on any atom is -0.311 e. The molecule has 3 heteroatoms. The first-order valence-electron chi connectivity index (χ1n) is 6.10. The normalized spacial score (nSPS) is 10.3. The lowest BCUT2D eigenvalue weighted by atomic mass is 10.1. The van der Waals surface area contributed by atoms with Crippen molar-refractivity contribution in [3.63, 3.8) is 0 Å². The molecular weight excluding hydrogens is 302 g/mol. The molecular formula is C16H16BrNO. The maximum absolute atomic E-state index is 12.5. The summed E-state index contributed by atoms with van der Waals surface area (Å²) in [5.74, 6) is -0.0162. The Morgan fingerprint density at radius 1 is 1.05 bits per heavy atom. The highest BCUT2D eigenvalue weighted by molar-refractivity contribution is 9.10. The highest BCUT2D eigenvalue weighted by Crippen LogP contribution is 2.23. The first kappa shape index (κ1) is 13.8. The molecule has 19 heavy (non-hydrogen) atoms. The molecule has 2 rings (SSSR count). The lowest BCUT2D eigenvalue weighted by Crippen LogP contribution is -2.26. The average molecular weight is 318 g/mol. The summed E-state index contributed by atoms with van der Waals surface area (Å²) in [6, 6.07) is 13.7. The molecule has 0 aliphatic carbocycles. The fourth-order valence-electron chi connectivity index (χ4n) is 1.93. The van der Waals surface area contributed by atoms with E-state index in [4.69, 9.17) is 0 Å². The Labute approximate surface area is 122 Å². The molecule has 0 saturated carbocycles. The van der Waals surface area contributed by atoms with Crippen molar-refractivity contribution in [2.24, 2.45) is 0 Å². The van der Waals surface area contributed by atoms with Crippen LogP contribution < -0.4 is 4.90 Å². The van der Waals surface area contributed by atoms with Crippen molar-refractivity contribution >= 4 is 27.5 Å². The lowest BCUT2D eigenvalue weighted by Gasteiger charge is -2.18. The summed E-state index contributed by atoms with van der Waals surface area (Å²) >= 11 is 3.46. The number of rotatable bonds is 2. The number of benzene rings is 2. The van der Waals surface area contributed by atoms with Crippen molar-refractivity contribution in [2.75, 3.05) is 11.9 Å². The fourth-order valence-corrected chi connectivity index (χ4v) is 2.59. The van der Waals surface area contributed by atoms with Gasteiger partial charge in [-0.2, -0.15) is 0 Å². The summed E-state index contributed by atoms with van der Waals surface area (Å²) in [7, 11) is 1.80. The standard InChI is InChI=1S/C16H16BrNO/c1-11-5-4-6-13(9-11)18(3)16(19)14-8-7-12(2)10-15(14)17/h4-10H,1-3H3. The number of carbonyl (C=O) groups is 1. The molecule has 0 aromatic heterocycles. The lowest BCUT2D eigenvalue weighted by molar-refractivity contribution is 0.0992. The SMILES string of the molecule is Cc1cccc(N(C)C(=O)c2ccc(C)cc2Br)c1. The Balaban J connectivity index is 2.33. The average Bonchev–Trinajstić information content (AvgIpc) is 2.37. The molecule has 0 radical (unpaired) electrons. The van der Waals surface area contributed by atoms with Crippen LogP contribution >= 0.6 is 15.9 Å². The van der Waals surface area contributed by atoms with E-state index in [2.05, 4.69) is 15.9 Å². The second kappa shape index (κ2) is 5.57. The molecule has 0 aliphatic heterocycles. The van der Waals surface area contributed by atoms with E-state index in [0.717, 1.165) is 21.3 Å². The molecule has 98 valence electrons. The van der Waals surface area contributed by atoms with Gasteiger partial charge in [0.25, 0.3) is 5.91 Å². The van der Waals surface area contributed by atoms with Gasteiger partial charge < -0.3 is 4.90 Å². The van der Waals surface area contributed by atoms with Crippen molar-refractivity contribution in [1.82, 2.24) is 0 Å². The third kappa shape index (κ3) is 3.04. The van der Waals surface area contributed by atoms with E-state index in [1.165, 1.54) is 0 Å². The maximum atomic E-state index is 12.5. The number of aryl methyl sites for hydroxylation is 2. The number of hydrogen-bond donors (Lipinski definition) is 0. The Hall–Kier alpha value is -1.61. The molecule has 2 nitrogen and oxygen atoms in total. The zero-order valence-electron chi connectivity index (χ0n) is 11.3. The van der Waals surface area contributed by atoms with Crippen LogP contribution in [-0.4, -0.2) is 13.0 Å². The van der Waals surface area contributed by atoms with E-state index >= 15 is 0 Å². The summed E-state index contributed by atoms with van der Waals surface area (Å²) in [5.41, 5.74) is 3.84. The first-order chi connectivity index (χ1) is 8.99. The van der Waals surface area contributed by atoms with Gasteiger partial charge >= 0.3 is 0 Å². The largest absolute Gasteiger partial charge is 0.311 e. The minimum atomic E-state index is -0.0162. The van der Waals surface area contributed by atoms with Crippen LogP contribution in [0.2, 0.25) is 0 Å². The number of halogens is 1. The van der Waals surface area contributed by atoms with Gasteiger partial charge in [-0.1, -0.05) is 18.2 Å². The van der Waals surface area contributed by atoms with Crippen molar-refractivity contribution in [3.05, 3.63) is 63.6 Å². The van der Waals surface area contributed by atoms with Crippen LogP contribution in [0.5, 0.6) is 0 Å². The van der Waals surface area contributed by atoms with Crippen LogP contribution in [0, 0.1) is 13.8 Å². The fraction of sp³-hybridized carbons (Fsp3) is 0.188. The van der Waals surface area contributed by atoms with Gasteiger partial charge in [0.2, 0.25) is 0 Å². The zero-order valence-corrected chi connectivity index (χ0v) is 12.9. The quantitative estimate of drug-likeness (QED) is 0.806. The Morgan fingerprint density at radius 3 is 2.37 bits per heavy atom. The Bertz CT molecular complexity index is 622. The van der Waals surface area contributed by atoms with Crippen molar-refractivity contribution in [2.45, 2.75) is 13.8 Å². The molecule has 0 saturated heterocycles. The number of nitrogens with zero attached hydrogens (tertiary/aromatic N) is 1. The molecule has 0 aliphatic rings. The molecule has 0 heterocycles. The Kier molecular flexibility index (Phi) is 4.05. The first-order valence-corrected chi connectivity index (χ1v) is 6.89. The van der Waals surface area contributed by atoms with E-state index in [1.54, 1.807) is 11.9 Å².